The fourth-order valence-corrected chi connectivity index (χ4v) is 9.10. The summed E-state index contributed by atoms with van der Waals surface area (Å²) in [6.07, 6.45) is 21.4. The molecule has 7 aromatic rings. The van der Waals surface area contributed by atoms with Crippen LogP contribution < -0.4 is 16.8 Å². The van der Waals surface area contributed by atoms with Gasteiger partial charge in [0, 0.05) is 17.4 Å². The molecule has 0 aromatic heterocycles. The van der Waals surface area contributed by atoms with E-state index in [4.69, 9.17) is 12.3 Å². The molecule has 3 heteroatoms. The van der Waals surface area contributed by atoms with Gasteiger partial charge in [0.1, 0.15) is 0 Å². The van der Waals surface area contributed by atoms with Crippen LogP contribution >= 0.6 is 0 Å². The molecule has 0 spiro atoms. The predicted octanol–water partition coefficient (Wildman–Crippen LogP) is 15.8. The van der Waals surface area contributed by atoms with Gasteiger partial charge in [-0.25, -0.2) is 0 Å². The van der Waals surface area contributed by atoms with Crippen LogP contribution in [0.25, 0.3) is 27.8 Å². The van der Waals surface area contributed by atoms with Crippen LogP contribution in [0.2, 0.25) is 0 Å². The molecule has 0 saturated heterocycles. The average Bonchev–Trinajstić information content (AvgIpc) is 3.65. The Kier molecular flexibility index (Phi) is 16.1. The van der Waals surface area contributed by atoms with Gasteiger partial charge in [-0.15, -0.1) is 0 Å². The highest BCUT2D eigenvalue weighted by Gasteiger charge is 2.48. The maximum Gasteiger partial charge on any atom is 0.0733 e. The number of hydrogen-bond donors (Lipinski definition) is 3. The maximum atomic E-state index is 5.36. The molecular formula is C64H63N3. The summed E-state index contributed by atoms with van der Waals surface area (Å²) in [7, 11) is 0. The normalized spacial score (nSPS) is 18.4. The number of benzene rings is 7. The molecule has 0 aliphatic heterocycles. The Balaban J connectivity index is 0.000000330. The zero-order valence-corrected chi connectivity index (χ0v) is 39.2. The molecule has 3 aliphatic carbocycles. The molecule has 3 atom stereocenters. The number of anilines is 2. The van der Waals surface area contributed by atoms with Crippen LogP contribution in [0.5, 0.6) is 0 Å². The van der Waals surface area contributed by atoms with Crippen molar-refractivity contribution in [3.8, 4) is 22.3 Å². The molecule has 0 fully saturated rings. The van der Waals surface area contributed by atoms with Crippen molar-refractivity contribution in [3.63, 3.8) is 0 Å². The number of allylic oxidation sites excluding steroid dienone is 9. The average molecular weight is 874 g/mol. The number of nitrogen functional groups attached to an aromatic ring is 1. The minimum absolute atomic E-state index is 0.219. The van der Waals surface area contributed by atoms with E-state index in [0.29, 0.717) is 5.92 Å². The first-order chi connectivity index (χ1) is 32.8. The highest BCUT2D eigenvalue weighted by Crippen LogP contribution is 2.59. The molecule has 0 amide bonds. The molecule has 0 heterocycles. The third-order valence-electron chi connectivity index (χ3n) is 12.4. The number of para-hydroxylation sites is 2. The van der Waals surface area contributed by atoms with Crippen molar-refractivity contribution in [2.45, 2.75) is 45.1 Å². The topological polar surface area (TPSA) is 64.1 Å². The van der Waals surface area contributed by atoms with Crippen LogP contribution in [0.4, 0.5) is 11.4 Å². The number of nitrogens with two attached hydrogens (primary N) is 2. The Hall–Kier alpha value is -7.88. The second-order valence-corrected chi connectivity index (χ2v) is 17.1. The van der Waals surface area contributed by atoms with E-state index in [1.165, 1.54) is 73.0 Å². The van der Waals surface area contributed by atoms with Crippen LogP contribution in [0.3, 0.4) is 0 Å². The van der Waals surface area contributed by atoms with Gasteiger partial charge in [-0.1, -0.05) is 238 Å². The van der Waals surface area contributed by atoms with Gasteiger partial charge >= 0.3 is 0 Å². The summed E-state index contributed by atoms with van der Waals surface area (Å²) < 4.78 is 0. The zero-order chi connectivity index (χ0) is 47.0. The van der Waals surface area contributed by atoms with Crippen LogP contribution in [-0.2, 0) is 5.41 Å². The van der Waals surface area contributed by atoms with E-state index in [1.54, 1.807) is 0 Å². The van der Waals surface area contributed by atoms with Crippen molar-refractivity contribution < 1.29 is 0 Å². The van der Waals surface area contributed by atoms with Gasteiger partial charge in [0.2, 0.25) is 0 Å². The van der Waals surface area contributed by atoms with E-state index in [9.17, 15) is 0 Å². The van der Waals surface area contributed by atoms with Crippen molar-refractivity contribution >= 4 is 16.9 Å². The van der Waals surface area contributed by atoms with E-state index in [-0.39, 0.29) is 6.04 Å². The van der Waals surface area contributed by atoms with Crippen molar-refractivity contribution in [2.24, 2.45) is 11.7 Å². The number of nitrogens with one attached hydrogen (secondary N) is 1. The Labute approximate surface area is 399 Å². The highest BCUT2D eigenvalue weighted by atomic mass is 14.9. The molecule has 334 valence electrons. The summed E-state index contributed by atoms with van der Waals surface area (Å²) >= 11 is 0. The second kappa shape index (κ2) is 22.8. The second-order valence-electron chi connectivity index (χ2n) is 17.1. The van der Waals surface area contributed by atoms with Gasteiger partial charge < -0.3 is 16.8 Å². The van der Waals surface area contributed by atoms with Crippen molar-refractivity contribution in [1.82, 2.24) is 0 Å². The lowest BCUT2D eigenvalue weighted by Crippen LogP contribution is -2.31. The van der Waals surface area contributed by atoms with Crippen LogP contribution in [0, 0.1) is 19.8 Å². The van der Waals surface area contributed by atoms with Gasteiger partial charge in [0.05, 0.1) is 5.41 Å². The van der Waals surface area contributed by atoms with Gasteiger partial charge in [-0.3, -0.25) is 0 Å². The summed E-state index contributed by atoms with van der Waals surface area (Å²) in [6.45, 7) is 14.3. The molecule has 5 N–H and O–H groups in total. The number of aryl methyl sites for hydroxylation is 2. The predicted molar refractivity (Wildman–Crippen MR) is 290 cm³/mol. The van der Waals surface area contributed by atoms with Crippen molar-refractivity contribution in [3.05, 3.63) is 294 Å². The van der Waals surface area contributed by atoms with Crippen molar-refractivity contribution in [2.75, 3.05) is 11.1 Å². The molecule has 10 rings (SSSR count). The van der Waals surface area contributed by atoms with Gasteiger partial charge in [-0.2, -0.15) is 0 Å². The summed E-state index contributed by atoms with van der Waals surface area (Å²) in [4.78, 5) is 0. The van der Waals surface area contributed by atoms with Crippen molar-refractivity contribution in [1.29, 1.82) is 0 Å². The third-order valence-corrected chi connectivity index (χ3v) is 12.4. The third kappa shape index (κ3) is 11.2. The smallest absolute Gasteiger partial charge is 0.0733 e. The molecule has 0 bridgehead atoms. The van der Waals surface area contributed by atoms with E-state index in [2.05, 4.69) is 220 Å². The number of rotatable bonds is 7. The molecule has 67 heavy (non-hydrogen) atoms. The SMILES string of the molecule is C=C1/C=C\C(CC)/C=C\C2=C1c1ccc(-c3ccc(-c4cccc(C)c4)cc3)cc1C2(c1ccccc1)c1ccccc1NC1C=CC=CC1.C=CN.Cc1ccccc1.Nc1ccccc1. The fourth-order valence-electron chi connectivity index (χ4n) is 9.10. The fraction of sp³-hybridized carbons (Fsp3) is 0.125. The van der Waals surface area contributed by atoms with E-state index >= 15 is 0 Å². The van der Waals surface area contributed by atoms with E-state index in [0.717, 1.165) is 29.8 Å². The Morgan fingerprint density at radius 3 is 1.78 bits per heavy atom. The minimum atomic E-state index is -0.579. The Morgan fingerprint density at radius 1 is 0.612 bits per heavy atom. The summed E-state index contributed by atoms with van der Waals surface area (Å²) in [6, 6.07) is 64.9. The molecule has 3 unspecified atom stereocenters. The molecule has 0 saturated carbocycles. The minimum Gasteiger partial charge on any atom is -0.405 e. The highest BCUT2D eigenvalue weighted by molar-refractivity contribution is 5.97. The molecule has 3 aliphatic rings. The number of fused-ring (bicyclic) bond motifs is 2. The lowest BCUT2D eigenvalue weighted by Gasteiger charge is -2.37. The summed E-state index contributed by atoms with van der Waals surface area (Å²) in [5.74, 6) is 0.341. The Morgan fingerprint density at radius 2 is 1.19 bits per heavy atom. The monoisotopic (exact) mass is 874 g/mol. The standard InChI is InChI=1S/C49H43N.C7H8.C6H7N.C2H5N/c1-4-36-23-22-35(3)48-43-30-29-40(38-27-25-37(26-28-38)39-15-13-14-34(2)32-39)33-46(43)49(45(48)31-24-36,41-16-7-5-8-17-41)44-20-11-12-21-47(44)50-42-18-9-6-10-19-42;1-7-5-3-2-4-6-7;7-6-4-2-1-3-5-6;1-2-3/h5-18,20-33,36,42,50H,3-4,19H2,1-2H3;2-6H,1H3;1-5H,7H2;2H,1,3H2/b23-22-,31-24-;;;. The largest absolute Gasteiger partial charge is 0.405 e. The lowest BCUT2D eigenvalue weighted by atomic mass is 9.65. The summed E-state index contributed by atoms with van der Waals surface area (Å²) in [5.41, 5.74) is 27.4. The van der Waals surface area contributed by atoms with Gasteiger partial charge in [0.25, 0.3) is 0 Å². The quantitative estimate of drug-likeness (QED) is 0.140. The molecular weight excluding hydrogens is 811 g/mol. The Bertz CT molecular complexity index is 2860. The van der Waals surface area contributed by atoms with Crippen LogP contribution in [0.15, 0.2) is 261 Å². The van der Waals surface area contributed by atoms with Crippen LogP contribution in [-0.4, -0.2) is 6.04 Å². The summed E-state index contributed by atoms with van der Waals surface area (Å²) in [5, 5.41) is 3.96. The first-order valence-corrected chi connectivity index (χ1v) is 23.3. The molecule has 7 aromatic carbocycles. The molecule has 0 radical (unpaired) electrons. The lowest BCUT2D eigenvalue weighted by molar-refractivity contribution is 0.744. The number of hydrogen-bond acceptors (Lipinski definition) is 3. The zero-order valence-electron chi connectivity index (χ0n) is 39.2. The maximum absolute atomic E-state index is 5.36. The molecule has 3 nitrogen and oxygen atoms in total. The van der Waals surface area contributed by atoms with Crippen LogP contribution in [0.1, 0.15) is 53.1 Å². The first kappa shape index (κ1) is 47.1. The van der Waals surface area contributed by atoms with E-state index < -0.39 is 5.41 Å². The first-order valence-electron chi connectivity index (χ1n) is 23.3. The van der Waals surface area contributed by atoms with Gasteiger partial charge in [0.15, 0.2) is 0 Å². The van der Waals surface area contributed by atoms with Gasteiger partial charge in [-0.05, 0) is 124 Å². The van der Waals surface area contributed by atoms with E-state index in [1.807, 2.05) is 48.5 Å².